The van der Waals surface area contributed by atoms with Gasteiger partial charge in [-0.05, 0) is 12.0 Å². The van der Waals surface area contributed by atoms with Gasteiger partial charge in [0, 0.05) is 6.20 Å². The van der Waals surface area contributed by atoms with Gasteiger partial charge in [0.2, 0.25) is 0 Å². The summed E-state index contributed by atoms with van der Waals surface area (Å²) in [6, 6.07) is 0.280. The van der Waals surface area contributed by atoms with Crippen molar-refractivity contribution >= 4 is 11.9 Å². The number of hydrogen-bond donors (Lipinski definition) is 3. The summed E-state index contributed by atoms with van der Waals surface area (Å²) in [6.45, 7) is 3.60. The predicted octanol–water partition coefficient (Wildman–Crippen LogP) is 1.02. The number of carboxylic acid groups (broad SMARTS) is 1. The van der Waals surface area contributed by atoms with Crippen LogP contribution in [-0.2, 0) is 4.79 Å². The van der Waals surface area contributed by atoms with Gasteiger partial charge < -0.3 is 15.5 Å². The number of hydrogen-bond acceptors (Lipinski definition) is 4. The van der Waals surface area contributed by atoms with Crippen LogP contribution in [0.3, 0.4) is 0 Å². The molecule has 0 saturated carbocycles. The summed E-state index contributed by atoms with van der Waals surface area (Å²) >= 11 is 0. The first-order valence-electron chi connectivity index (χ1n) is 5.63. The molecule has 0 bridgehead atoms. The van der Waals surface area contributed by atoms with Gasteiger partial charge in [0.15, 0.2) is 0 Å². The highest BCUT2D eigenvalue weighted by atomic mass is 16.4. The maximum Gasteiger partial charge on any atom is 0.326 e. The molecule has 3 N–H and O–H groups in total. The van der Waals surface area contributed by atoms with Crippen molar-refractivity contribution in [3.63, 3.8) is 0 Å². The Morgan fingerprint density at radius 2 is 2.11 bits per heavy atom. The van der Waals surface area contributed by atoms with Crippen molar-refractivity contribution in [3.05, 3.63) is 24.0 Å². The van der Waals surface area contributed by atoms with Crippen molar-refractivity contribution < 1.29 is 19.8 Å². The number of nitrogens with one attached hydrogen (secondary N) is 1. The van der Waals surface area contributed by atoms with Crippen LogP contribution in [0.5, 0.6) is 5.75 Å². The molecular formula is C12H16N2O4. The van der Waals surface area contributed by atoms with E-state index in [1.807, 2.05) is 6.92 Å². The zero-order valence-corrected chi connectivity index (χ0v) is 10.3. The summed E-state index contributed by atoms with van der Waals surface area (Å²) in [5.74, 6) is -1.97. The topological polar surface area (TPSA) is 99.5 Å². The minimum Gasteiger partial charge on any atom is -0.506 e. The molecule has 0 spiro atoms. The lowest BCUT2D eigenvalue weighted by molar-refractivity contribution is -0.140. The highest BCUT2D eigenvalue weighted by Crippen LogP contribution is 2.11. The second kappa shape index (κ2) is 6.00. The van der Waals surface area contributed by atoms with E-state index in [0.717, 1.165) is 0 Å². The number of aromatic nitrogens is 1. The Hall–Kier alpha value is -2.11. The van der Waals surface area contributed by atoms with Crippen molar-refractivity contribution in [2.24, 2.45) is 5.92 Å². The molecule has 1 amide bonds. The Morgan fingerprint density at radius 1 is 1.44 bits per heavy atom. The molecule has 2 unspecified atom stereocenters. The smallest absolute Gasteiger partial charge is 0.326 e. The molecule has 0 fully saturated rings. The highest BCUT2D eigenvalue weighted by molar-refractivity contribution is 5.96. The van der Waals surface area contributed by atoms with E-state index in [4.69, 9.17) is 5.11 Å². The Morgan fingerprint density at radius 3 is 2.61 bits per heavy atom. The van der Waals surface area contributed by atoms with Gasteiger partial charge in [-0.25, -0.2) is 4.79 Å². The largest absolute Gasteiger partial charge is 0.506 e. The number of carboxylic acids is 1. The molecule has 0 aliphatic heterocycles. The minimum atomic E-state index is -1.08. The van der Waals surface area contributed by atoms with E-state index in [2.05, 4.69) is 10.3 Å². The van der Waals surface area contributed by atoms with Crippen molar-refractivity contribution in [2.75, 3.05) is 0 Å². The first kappa shape index (κ1) is 14.0. The van der Waals surface area contributed by atoms with Crippen LogP contribution in [0.2, 0.25) is 0 Å². The third-order valence-electron chi connectivity index (χ3n) is 2.75. The Kier molecular flexibility index (Phi) is 4.65. The monoisotopic (exact) mass is 252 g/mol. The Bertz CT molecular complexity index is 447. The number of carbonyl (C=O) groups is 2. The lowest BCUT2D eigenvalue weighted by atomic mass is 9.99. The second-order valence-electron chi connectivity index (χ2n) is 4.11. The van der Waals surface area contributed by atoms with E-state index < -0.39 is 17.9 Å². The molecule has 6 nitrogen and oxygen atoms in total. The van der Waals surface area contributed by atoms with Gasteiger partial charge >= 0.3 is 5.97 Å². The maximum atomic E-state index is 11.8. The lowest BCUT2D eigenvalue weighted by Gasteiger charge is -2.20. The molecule has 6 heteroatoms. The van der Waals surface area contributed by atoms with Crippen LogP contribution in [0.25, 0.3) is 0 Å². The quantitative estimate of drug-likeness (QED) is 0.726. The zero-order chi connectivity index (χ0) is 13.7. The average Bonchev–Trinajstić information content (AvgIpc) is 2.34. The van der Waals surface area contributed by atoms with E-state index >= 15 is 0 Å². The van der Waals surface area contributed by atoms with Crippen molar-refractivity contribution in [3.8, 4) is 5.75 Å². The van der Waals surface area contributed by atoms with Gasteiger partial charge in [-0.3, -0.25) is 9.78 Å². The number of nitrogens with zero attached hydrogens (tertiary/aromatic N) is 1. The maximum absolute atomic E-state index is 11.8. The number of carbonyl (C=O) groups excluding carboxylic acids is 1. The molecule has 0 aliphatic carbocycles. The standard InChI is InChI=1S/C12H16N2O4/c1-3-7(2)10(12(17)18)14-11(16)8-4-9(15)6-13-5-8/h4-7,10,15H,3H2,1-2H3,(H,14,16)(H,17,18). The van der Waals surface area contributed by atoms with Gasteiger partial charge in [0.1, 0.15) is 11.8 Å². The van der Waals surface area contributed by atoms with Gasteiger partial charge in [-0.2, -0.15) is 0 Å². The normalized spacial score (nSPS) is 13.7. The number of amides is 1. The summed E-state index contributed by atoms with van der Waals surface area (Å²) < 4.78 is 0. The van der Waals surface area contributed by atoms with E-state index in [9.17, 15) is 14.7 Å². The summed E-state index contributed by atoms with van der Waals surface area (Å²) in [5.41, 5.74) is 0.129. The highest BCUT2D eigenvalue weighted by Gasteiger charge is 2.25. The Labute approximate surface area is 105 Å². The van der Waals surface area contributed by atoms with Crippen LogP contribution in [0.15, 0.2) is 18.5 Å². The average molecular weight is 252 g/mol. The summed E-state index contributed by atoms with van der Waals surface area (Å²) in [7, 11) is 0. The van der Waals surface area contributed by atoms with E-state index in [0.29, 0.717) is 6.42 Å². The van der Waals surface area contributed by atoms with Crippen LogP contribution in [-0.4, -0.2) is 33.1 Å². The molecular weight excluding hydrogens is 236 g/mol. The number of aromatic hydroxyl groups is 1. The van der Waals surface area contributed by atoms with E-state index in [1.54, 1.807) is 6.92 Å². The zero-order valence-electron chi connectivity index (χ0n) is 10.3. The van der Waals surface area contributed by atoms with E-state index in [-0.39, 0.29) is 17.2 Å². The van der Waals surface area contributed by atoms with Crippen LogP contribution in [0.4, 0.5) is 0 Å². The summed E-state index contributed by atoms with van der Waals surface area (Å²) in [6.07, 6.45) is 3.10. The Balaban J connectivity index is 2.82. The fourth-order valence-electron chi connectivity index (χ4n) is 1.46. The molecule has 1 heterocycles. The number of pyridine rings is 1. The molecule has 0 aliphatic rings. The fourth-order valence-corrected chi connectivity index (χ4v) is 1.46. The SMILES string of the molecule is CCC(C)C(NC(=O)c1cncc(O)c1)C(=O)O. The van der Waals surface area contributed by atoms with Crippen molar-refractivity contribution in [1.82, 2.24) is 10.3 Å². The third kappa shape index (κ3) is 3.44. The van der Waals surface area contributed by atoms with Crippen LogP contribution in [0, 0.1) is 5.92 Å². The molecule has 98 valence electrons. The summed E-state index contributed by atoms with van der Waals surface area (Å²) in [5, 5.41) is 20.7. The van der Waals surface area contributed by atoms with E-state index in [1.165, 1.54) is 18.5 Å². The number of aliphatic carboxylic acids is 1. The molecule has 0 saturated heterocycles. The van der Waals surface area contributed by atoms with Gasteiger partial charge in [0.25, 0.3) is 5.91 Å². The molecule has 0 radical (unpaired) electrons. The summed E-state index contributed by atoms with van der Waals surface area (Å²) in [4.78, 5) is 26.5. The molecule has 1 aromatic heterocycles. The second-order valence-corrected chi connectivity index (χ2v) is 4.11. The predicted molar refractivity (Wildman–Crippen MR) is 64.2 cm³/mol. The van der Waals surface area contributed by atoms with Gasteiger partial charge in [0.05, 0.1) is 11.8 Å². The number of rotatable bonds is 5. The van der Waals surface area contributed by atoms with Crippen LogP contribution in [0.1, 0.15) is 30.6 Å². The molecule has 1 aromatic rings. The molecule has 2 atom stereocenters. The minimum absolute atomic E-state index is 0.129. The van der Waals surface area contributed by atoms with Gasteiger partial charge in [-0.15, -0.1) is 0 Å². The first-order valence-corrected chi connectivity index (χ1v) is 5.63. The van der Waals surface area contributed by atoms with Crippen LogP contribution >= 0.6 is 0 Å². The third-order valence-corrected chi connectivity index (χ3v) is 2.75. The van der Waals surface area contributed by atoms with Crippen LogP contribution < -0.4 is 5.32 Å². The van der Waals surface area contributed by atoms with Gasteiger partial charge in [-0.1, -0.05) is 20.3 Å². The molecule has 18 heavy (non-hydrogen) atoms. The van der Waals surface area contributed by atoms with Crippen molar-refractivity contribution in [2.45, 2.75) is 26.3 Å². The molecule has 0 aromatic carbocycles. The lowest BCUT2D eigenvalue weighted by Crippen LogP contribution is -2.45. The fraction of sp³-hybridized carbons (Fsp3) is 0.417. The molecule has 1 rings (SSSR count). The first-order chi connectivity index (χ1) is 8.45. The van der Waals surface area contributed by atoms with Crippen molar-refractivity contribution in [1.29, 1.82) is 0 Å².